The summed E-state index contributed by atoms with van der Waals surface area (Å²) >= 11 is 0. The van der Waals surface area contributed by atoms with Crippen LogP contribution >= 0.6 is 0 Å². The fourth-order valence-electron chi connectivity index (χ4n) is 3.63. The number of carbonyl (C=O) groups is 1. The Balaban J connectivity index is 1.44. The molecule has 0 aliphatic carbocycles. The Kier molecular flexibility index (Phi) is 4.77. The first kappa shape index (κ1) is 17.5. The predicted octanol–water partition coefficient (Wildman–Crippen LogP) is 2.79. The van der Waals surface area contributed by atoms with E-state index in [4.69, 9.17) is 0 Å². The molecule has 2 heterocycles. The molecule has 5 nitrogen and oxygen atoms in total. The topological polar surface area (TPSA) is 56.4 Å². The summed E-state index contributed by atoms with van der Waals surface area (Å²) in [5.74, 6) is -0.103. The van der Waals surface area contributed by atoms with Crippen molar-refractivity contribution in [3.05, 3.63) is 81.8 Å². The van der Waals surface area contributed by atoms with Gasteiger partial charge in [0.1, 0.15) is 5.69 Å². The van der Waals surface area contributed by atoms with Crippen LogP contribution in [0.5, 0.6) is 0 Å². The SMILES string of the molecule is Cc1ccccc1CN1CCN(C(=O)c2cc3ccccc3c(=O)[nH]2)CC1. The van der Waals surface area contributed by atoms with Gasteiger partial charge in [0, 0.05) is 38.1 Å². The third kappa shape index (κ3) is 3.64. The van der Waals surface area contributed by atoms with Crippen LogP contribution in [0.2, 0.25) is 0 Å². The molecule has 1 saturated heterocycles. The van der Waals surface area contributed by atoms with Crippen molar-refractivity contribution in [3.8, 4) is 0 Å². The second-order valence-corrected chi connectivity index (χ2v) is 7.09. The summed E-state index contributed by atoms with van der Waals surface area (Å²) in [4.78, 5) is 32.0. The van der Waals surface area contributed by atoms with Gasteiger partial charge in [-0.05, 0) is 35.6 Å². The van der Waals surface area contributed by atoms with E-state index in [1.165, 1.54) is 11.1 Å². The van der Waals surface area contributed by atoms with E-state index < -0.39 is 0 Å². The minimum Gasteiger partial charge on any atom is -0.335 e. The maximum Gasteiger partial charge on any atom is 0.270 e. The average Bonchev–Trinajstić information content (AvgIpc) is 2.70. The van der Waals surface area contributed by atoms with Crippen molar-refractivity contribution in [2.45, 2.75) is 13.5 Å². The van der Waals surface area contributed by atoms with Gasteiger partial charge in [0.05, 0.1) is 0 Å². The van der Waals surface area contributed by atoms with Crippen LogP contribution in [0.4, 0.5) is 0 Å². The molecule has 1 aliphatic rings. The number of nitrogens with one attached hydrogen (secondary N) is 1. The zero-order valence-electron chi connectivity index (χ0n) is 15.4. The Morgan fingerprint density at radius 3 is 2.48 bits per heavy atom. The maximum atomic E-state index is 12.9. The van der Waals surface area contributed by atoms with Gasteiger partial charge in [0.25, 0.3) is 11.5 Å². The molecule has 1 fully saturated rings. The first-order valence-electron chi connectivity index (χ1n) is 9.30. The average molecular weight is 361 g/mol. The van der Waals surface area contributed by atoms with Crippen LogP contribution in [-0.2, 0) is 6.54 Å². The van der Waals surface area contributed by atoms with Crippen LogP contribution in [0.15, 0.2) is 59.4 Å². The second kappa shape index (κ2) is 7.37. The predicted molar refractivity (Wildman–Crippen MR) is 107 cm³/mol. The fourth-order valence-corrected chi connectivity index (χ4v) is 3.63. The third-order valence-electron chi connectivity index (χ3n) is 5.30. The lowest BCUT2D eigenvalue weighted by atomic mass is 10.1. The van der Waals surface area contributed by atoms with Crippen LogP contribution in [0.1, 0.15) is 21.6 Å². The smallest absolute Gasteiger partial charge is 0.270 e. The van der Waals surface area contributed by atoms with Gasteiger partial charge in [0.2, 0.25) is 0 Å². The van der Waals surface area contributed by atoms with Gasteiger partial charge in [0.15, 0.2) is 0 Å². The summed E-state index contributed by atoms with van der Waals surface area (Å²) in [6.07, 6.45) is 0. The van der Waals surface area contributed by atoms with Crippen LogP contribution < -0.4 is 5.56 Å². The standard InChI is InChI=1S/C22H23N3O2/c1-16-6-2-3-8-18(16)15-24-10-12-25(13-11-24)22(27)20-14-17-7-4-5-9-19(17)21(26)23-20/h2-9,14H,10-13,15H2,1H3,(H,23,26). The summed E-state index contributed by atoms with van der Waals surface area (Å²) in [7, 11) is 0. The third-order valence-corrected chi connectivity index (χ3v) is 5.30. The van der Waals surface area contributed by atoms with Crippen LogP contribution in [0.25, 0.3) is 10.8 Å². The second-order valence-electron chi connectivity index (χ2n) is 7.09. The minimum absolute atomic E-state index is 0.103. The highest BCUT2D eigenvalue weighted by atomic mass is 16.2. The molecule has 0 unspecified atom stereocenters. The van der Waals surface area contributed by atoms with Gasteiger partial charge in [-0.3, -0.25) is 14.5 Å². The molecule has 0 bridgehead atoms. The lowest BCUT2D eigenvalue weighted by Gasteiger charge is -2.35. The number of aryl methyl sites for hydroxylation is 1. The van der Waals surface area contributed by atoms with E-state index in [0.29, 0.717) is 24.2 Å². The molecule has 0 atom stereocenters. The van der Waals surface area contributed by atoms with Gasteiger partial charge >= 0.3 is 0 Å². The van der Waals surface area contributed by atoms with E-state index in [-0.39, 0.29) is 11.5 Å². The molecule has 27 heavy (non-hydrogen) atoms. The number of benzene rings is 2. The number of hydrogen-bond donors (Lipinski definition) is 1. The van der Waals surface area contributed by atoms with Crippen LogP contribution in [-0.4, -0.2) is 46.9 Å². The molecular weight excluding hydrogens is 338 g/mol. The fraction of sp³-hybridized carbons (Fsp3) is 0.273. The Hall–Kier alpha value is -2.92. The summed E-state index contributed by atoms with van der Waals surface area (Å²) in [5.41, 5.74) is 2.78. The van der Waals surface area contributed by atoms with Crippen molar-refractivity contribution < 1.29 is 4.79 Å². The summed E-state index contributed by atoms with van der Waals surface area (Å²) in [6, 6.07) is 17.5. The van der Waals surface area contributed by atoms with E-state index in [9.17, 15) is 9.59 Å². The van der Waals surface area contributed by atoms with Crippen molar-refractivity contribution in [1.82, 2.24) is 14.8 Å². The number of carbonyl (C=O) groups excluding carboxylic acids is 1. The van der Waals surface area contributed by atoms with E-state index >= 15 is 0 Å². The highest BCUT2D eigenvalue weighted by Crippen LogP contribution is 2.15. The molecule has 0 saturated carbocycles. The van der Waals surface area contributed by atoms with Crippen molar-refractivity contribution >= 4 is 16.7 Å². The maximum absolute atomic E-state index is 12.9. The zero-order valence-corrected chi connectivity index (χ0v) is 15.4. The first-order chi connectivity index (χ1) is 13.1. The molecule has 1 aliphatic heterocycles. The largest absolute Gasteiger partial charge is 0.335 e. The Morgan fingerprint density at radius 2 is 1.70 bits per heavy atom. The molecule has 3 aromatic rings. The van der Waals surface area contributed by atoms with E-state index in [0.717, 1.165) is 25.0 Å². The number of H-pyrrole nitrogens is 1. The van der Waals surface area contributed by atoms with Crippen molar-refractivity contribution in [3.63, 3.8) is 0 Å². The molecule has 0 spiro atoms. The summed E-state index contributed by atoms with van der Waals surface area (Å²) < 4.78 is 0. The summed E-state index contributed by atoms with van der Waals surface area (Å²) in [6.45, 7) is 6.03. The quantitative estimate of drug-likeness (QED) is 0.780. The van der Waals surface area contributed by atoms with Gasteiger partial charge < -0.3 is 9.88 Å². The van der Waals surface area contributed by atoms with Gasteiger partial charge in [-0.25, -0.2) is 0 Å². The Bertz CT molecular complexity index is 1030. The number of aromatic amines is 1. The number of rotatable bonds is 3. The van der Waals surface area contributed by atoms with Gasteiger partial charge in [-0.1, -0.05) is 42.5 Å². The lowest BCUT2D eigenvalue weighted by Crippen LogP contribution is -2.48. The van der Waals surface area contributed by atoms with E-state index in [1.807, 2.05) is 23.1 Å². The zero-order chi connectivity index (χ0) is 18.8. The number of pyridine rings is 1. The number of aromatic nitrogens is 1. The Morgan fingerprint density at radius 1 is 1.00 bits per heavy atom. The molecule has 1 N–H and O–H groups in total. The molecule has 0 radical (unpaired) electrons. The van der Waals surface area contributed by atoms with Gasteiger partial charge in [-0.15, -0.1) is 0 Å². The van der Waals surface area contributed by atoms with Crippen LogP contribution in [0, 0.1) is 6.92 Å². The normalized spacial score (nSPS) is 15.2. The number of piperazine rings is 1. The number of fused-ring (bicyclic) bond motifs is 1. The van der Waals surface area contributed by atoms with Gasteiger partial charge in [-0.2, -0.15) is 0 Å². The Labute approximate surface area is 158 Å². The molecule has 1 aromatic heterocycles. The molecule has 1 amide bonds. The number of hydrogen-bond acceptors (Lipinski definition) is 3. The molecule has 2 aromatic carbocycles. The number of nitrogens with zero attached hydrogens (tertiary/aromatic N) is 2. The van der Waals surface area contributed by atoms with E-state index in [1.54, 1.807) is 12.1 Å². The molecule has 4 rings (SSSR count). The van der Waals surface area contributed by atoms with Crippen molar-refractivity contribution in [1.29, 1.82) is 0 Å². The number of amides is 1. The molecular formula is C22H23N3O2. The highest BCUT2D eigenvalue weighted by molar-refractivity contribution is 5.96. The van der Waals surface area contributed by atoms with Crippen molar-refractivity contribution in [2.24, 2.45) is 0 Å². The minimum atomic E-state index is -0.213. The lowest BCUT2D eigenvalue weighted by molar-refractivity contribution is 0.0622. The van der Waals surface area contributed by atoms with Crippen molar-refractivity contribution in [2.75, 3.05) is 26.2 Å². The van der Waals surface area contributed by atoms with E-state index in [2.05, 4.69) is 41.1 Å². The highest BCUT2D eigenvalue weighted by Gasteiger charge is 2.23. The monoisotopic (exact) mass is 361 g/mol. The van der Waals surface area contributed by atoms with Crippen LogP contribution in [0.3, 0.4) is 0 Å². The molecule has 5 heteroatoms. The first-order valence-corrected chi connectivity index (χ1v) is 9.30. The summed E-state index contributed by atoms with van der Waals surface area (Å²) in [5, 5.41) is 1.40. The molecule has 138 valence electrons.